The molecule has 26 heavy (non-hydrogen) atoms. The molecule has 0 spiro atoms. The van der Waals surface area contributed by atoms with E-state index in [9.17, 15) is 13.9 Å². The van der Waals surface area contributed by atoms with E-state index in [2.05, 4.69) is 4.98 Å². The minimum Gasteiger partial charge on any atom is -0.510 e. The van der Waals surface area contributed by atoms with Crippen molar-refractivity contribution in [1.82, 2.24) is 4.98 Å². The predicted octanol–water partition coefficient (Wildman–Crippen LogP) is 4.85. The Morgan fingerprint density at radius 3 is 2.62 bits per heavy atom. The van der Waals surface area contributed by atoms with Gasteiger partial charge in [0.25, 0.3) is 0 Å². The zero-order valence-corrected chi connectivity index (χ0v) is 14.2. The minimum atomic E-state index is -0.784. The molecule has 130 valence electrons. The van der Waals surface area contributed by atoms with Gasteiger partial charge in [-0.3, -0.25) is 5.41 Å². The Kier molecular flexibility index (Phi) is 4.00. The van der Waals surface area contributed by atoms with Crippen LogP contribution in [0.3, 0.4) is 0 Å². The van der Waals surface area contributed by atoms with E-state index in [0.29, 0.717) is 5.01 Å². The molecule has 7 heteroatoms. The molecular weight excluding hydrogens is 356 g/mol. The second-order valence-electron chi connectivity index (χ2n) is 5.76. The van der Waals surface area contributed by atoms with Crippen LogP contribution in [0.2, 0.25) is 0 Å². The van der Waals surface area contributed by atoms with Gasteiger partial charge in [-0.1, -0.05) is 30.3 Å². The van der Waals surface area contributed by atoms with Crippen LogP contribution in [0.5, 0.6) is 0 Å². The van der Waals surface area contributed by atoms with Gasteiger partial charge < -0.3 is 10.0 Å². The predicted molar refractivity (Wildman–Crippen MR) is 98.5 cm³/mol. The molecule has 0 bridgehead atoms. The standard InChI is InChI=1S/C19H13F2N3OS/c20-12-6-7-15(13(21)8-12)24-9-16(25)17(18(24)22)19-23-14(10-26-19)11-4-2-1-3-5-11/h1-8,10,22,25H,9H2. The van der Waals surface area contributed by atoms with Crippen molar-refractivity contribution in [3.05, 3.63) is 76.3 Å². The first-order chi connectivity index (χ1) is 12.5. The summed E-state index contributed by atoms with van der Waals surface area (Å²) in [4.78, 5) is 5.80. The first-order valence-electron chi connectivity index (χ1n) is 7.79. The second kappa shape index (κ2) is 6.34. The molecule has 2 heterocycles. The van der Waals surface area contributed by atoms with E-state index in [0.717, 1.165) is 23.4 Å². The maximum absolute atomic E-state index is 14.1. The number of anilines is 1. The maximum Gasteiger partial charge on any atom is 0.149 e. The summed E-state index contributed by atoms with van der Waals surface area (Å²) in [5, 5.41) is 21.0. The van der Waals surface area contributed by atoms with Crippen molar-refractivity contribution in [2.75, 3.05) is 11.4 Å². The number of amidine groups is 1. The Bertz CT molecular complexity index is 1030. The molecule has 1 aliphatic rings. The molecule has 1 aliphatic heterocycles. The molecule has 0 radical (unpaired) electrons. The fraction of sp³-hybridized carbons (Fsp3) is 0.0526. The lowest BCUT2D eigenvalue weighted by molar-refractivity contribution is 0.411. The first kappa shape index (κ1) is 16.4. The third-order valence-corrected chi connectivity index (χ3v) is 4.95. The fourth-order valence-electron chi connectivity index (χ4n) is 2.84. The highest BCUT2D eigenvalue weighted by atomic mass is 32.1. The van der Waals surface area contributed by atoms with E-state index in [1.54, 1.807) is 0 Å². The molecule has 0 saturated heterocycles. The smallest absolute Gasteiger partial charge is 0.149 e. The Morgan fingerprint density at radius 1 is 1.12 bits per heavy atom. The molecule has 0 saturated carbocycles. The largest absolute Gasteiger partial charge is 0.510 e. The van der Waals surface area contributed by atoms with Crippen LogP contribution in [0.25, 0.3) is 16.8 Å². The highest BCUT2D eigenvalue weighted by Gasteiger charge is 2.32. The van der Waals surface area contributed by atoms with Gasteiger partial charge in [-0.15, -0.1) is 11.3 Å². The summed E-state index contributed by atoms with van der Waals surface area (Å²) in [6, 6.07) is 12.7. The topological polar surface area (TPSA) is 60.2 Å². The van der Waals surface area contributed by atoms with E-state index in [-0.39, 0.29) is 29.4 Å². The normalized spacial score (nSPS) is 14.4. The van der Waals surface area contributed by atoms with Gasteiger partial charge >= 0.3 is 0 Å². The van der Waals surface area contributed by atoms with E-state index >= 15 is 0 Å². The number of benzene rings is 2. The molecule has 2 aromatic carbocycles. The summed E-state index contributed by atoms with van der Waals surface area (Å²) in [5.74, 6) is -1.61. The zero-order valence-electron chi connectivity index (χ0n) is 13.4. The number of hydrogen-bond acceptors (Lipinski definition) is 4. The van der Waals surface area contributed by atoms with Gasteiger partial charge in [0.2, 0.25) is 0 Å². The number of hydrogen-bond donors (Lipinski definition) is 2. The summed E-state index contributed by atoms with van der Waals surface area (Å²) in [7, 11) is 0. The second-order valence-corrected chi connectivity index (χ2v) is 6.61. The zero-order chi connectivity index (χ0) is 18.3. The van der Waals surface area contributed by atoms with Crippen molar-refractivity contribution in [1.29, 1.82) is 5.41 Å². The van der Waals surface area contributed by atoms with Gasteiger partial charge in [0.15, 0.2) is 0 Å². The fourth-order valence-corrected chi connectivity index (χ4v) is 3.74. The number of nitrogens with one attached hydrogen (secondary N) is 1. The van der Waals surface area contributed by atoms with Crippen LogP contribution in [0.1, 0.15) is 5.01 Å². The Labute approximate surface area is 152 Å². The lowest BCUT2D eigenvalue weighted by atomic mass is 10.2. The molecule has 2 N–H and O–H groups in total. The first-order valence-corrected chi connectivity index (χ1v) is 8.67. The molecule has 3 aromatic rings. The number of aliphatic hydroxyl groups is 1. The van der Waals surface area contributed by atoms with E-state index in [4.69, 9.17) is 5.41 Å². The Morgan fingerprint density at radius 2 is 1.88 bits per heavy atom. The van der Waals surface area contributed by atoms with Crippen LogP contribution >= 0.6 is 11.3 Å². The van der Waals surface area contributed by atoms with Crippen molar-refractivity contribution in [2.24, 2.45) is 0 Å². The molecule has 0 unspecified atom stereocenters. The van der Waals surface area contributed by atoms with Crippen molar-refractivity contribution in [3.63, 3.8) is 0 Å². The van der Waals surface area contributed by atoms with Crippen molar-refractivity contribution in [3.8, 4) is 11.3 Å². The summed E-state index contributed by atoms with van der Waals surface area (Å²) in [6.07, 6.45) is 0. The summed E-state index contributed by atoms with van der Waals surface area (Å²) in [5.41, 5.74) is 1.98. The van der Waals surface area contributed by atoms with Gasteiger partial charge in [-0.05, 0) is 12.1 Å². The van der Waals surface area contributed by atoms with Crippen molar-refractivity contribution < 1.29 is 13.9 Å². The number of thiazole rings is 1. The summed E-state index contributed by atoms with van der Waals surface area (Å²) < 4.78 is 27.2. The lowest BCUT2D eigenvalue weighted by Gasteiger charge is -2.19. The highest BCUT2D eigenvalue weighted by molar-refractivity contribution is 7.11. The van der Waals surface area contributed by atoms with Crippen LogP contribution in [0.15, 0.2) is 59.7 Å². The highest BCUT2D eigenvalue weighted by Crippen LogP contribution is 2.35. The minimum absolute atomic E-state index is 0.0396. The Balaban J connectivity index is 1.67. The molecule has 4 rings (SSSR count). The number of nitrogens with zero attached hydrogens (tertiary/aromatic N) is 2. The van der Waals surface area contributed by atoms with Gasteiger partial charge in [0.05, 0.1) is 23.5 Å². The van der Waals surface area contributed by atoms with E-state index in [1.165, 1.54) is 22.3 Å². The molecule has 1 aromatic heterocycles. The quantitative estimate of drug-likeness (QED) is 0.693. The Hall–Kier alpha value is -3.06. The van der Waals surface area contributed by atoms with Gasteiger partial charge in [-0.2, -0.15) is 0 Å². The lowest BCUT2D eigenvalue weighted by Crippen LogP contribution is -2.27. The number of aliphatic hydroxyl groups excluding tert-OH is 1. The molecule has 4 nitrogen and oxygen atoms in total. The van der Waals surface area contributed by atoms with Crippen molar-refractivity contribution >= 4 is 28.4 Å². The third kappa shape index (κ3) is 2.76. The average molecular weight is 369 g/mol. The van der Waals surface area contributed by atoms with Gasteiger partial charge in [-0.25, -0.2) is 13.8 Å². The van der Waals surface area contributed by atoms with Crippen LogP contribution in [-0.4, -0.2) is 22.5 Å². The molecular formula is C19H13F2N3OS. The number of halogens is 2. The average Bonchev–Trinajstić information content (AvgIpc) is 3.21. The van der Waals surface area contributed by atoms with Crippen LogP contribution < -0.4 is 4.90 Å². The summed E-state index contributed by atoms with van der Waals surface area (Å²) >= 11 is 1.30. The number of rotatable bonds is 3. The molecule has 0 atom stereocenters. The van der Waals surface area contributed by atoms with Crippen LogP contribution in [0.4, 0.5) is 14.5 Å². The van der Waals surface area contributed by atoms with Crippen molar-refractivity contribution in [2.45, 2.75) is 0 Å². The number of aromatic nitrogens is 1. The monoisotopic (exact) mass is 369 g/mol. The maximum atomic E-state index is 14.1. The van der Waals surface area contributed by atoms with Gasteiger partial charge in [0, 0.05) is 17.0 Å². The van der Waals surface area contributed by atoms with Crippen LogP contribution in [0, 0.1) is 17.0 Å². The molecule has 0 aliphatic carbocycles. The molecule has 0 fully saturated rings. The van der Waals surface area contributed by atoms with Crippen LogP contribution in [-0.2, 0) is 0 Å². The molecule has 0 amide bonds. The summed E-state index contributed by atoms with van der Waals surface area (Å²) in [6.45, 7) is -0.0586. The SMILES string of the molecule is N=C1C(c2nc(-c3ccccc3)cs2)=C(O)CN1c1ccc(F)cc1F. The third-order valence-electron chi connectivity index (χ3n) is 4.09. The van der Waals surface area contributed by atoms with Gasteiger partial charge in [0.1, 0.15) is 28.2 Å². The van der Waals surface area contributed by atoms with E-state index in [1.807, 2.05) is 35.7 Å². The van der Waals surface area contributed by atoms with E-state index < -0.39 is 11.6 Å².